The van der Waals surface area contributed by atoms with Crippen LogP contribution in [0.15, 0.2) is 24.3 Å². The molecule has 1 saturated heterocycles. The van der Waals surface area contributed by atoms with Crippen LogP contribution in [0.1, 0.15) is 42.3 Å². The van der Waals surface area contributed by atoms with E-state index in [0.29, 0.717) is 23.7 Å². The molecule has 2 heterocycles. The highest BCUT2D eigenvalue weighted by Crippen LogP contribution is 2.37. The summed E-state index contributed by atoms with van der Waals surface area (Å²) in [5.74, 6) is 1.10. The molecule has 6 nitrogen and oxygen atoms in total. The number of amides is 1. The lowest BCUT2D eigenvalue weighted by atomic mass is 10.0. The van der Waals surface area contributed by atoms with Crippen molar-refractivity contribution in [3.63, 3.8) is 0 Å². The van der Waals surface area contributed by atoms with Gasteiger partial charge in [-0.3, -0.25) is 9.48 Å². The van der Waals surface area contributed by atoms with Crippen molar-refractivity contribution in [1.82, 2.24) is 14.7 Å². The van der Waals surface area contributed by atoms with Crippen molar-refractivity contribution in [3.8, 4) is 11.5 Å². The number of ether oxygens (including phenoxy) is 2. The van der Waals surface area contributed by atoms with E-state index in [4.69, 9.17) is 9.47 Å². The summed E-state index contributed by atoms with van der Waals surface area (Å²) in [6, 6.07) is 6.48. The quantitative estimate of drug-likeness (QED) is 0.722. The van der Waals surface area contributed by atoms with Crippen molar-refractivity contribution in [2.24, 2.45) is 0 Å². The lowest BCUT2D eigenvalue weighted by molar-refractivity contribution is -0.141. The zero-order valence-electron chi connectivity index (χ0n) is 16.6. The average molecular weight is 411 g/mol. The van der Waals surface area contributed by atoms with Crippen molar-refractivity contribution in [2.45, 2.75) is 44.9 Å². The van der Waals surface area contributed by atoms with E-state index in [2.05, 4.69) is 5.10 Å². The molecule has 158 valence electrons. The normalized spacial score (nSPS) is 16.9. The number of aryl methyl sites for hydroxylation is 2. The van der Waals surface area contributed by atoms with Crippen molar-refractivity contribution in [2.75, 3.05) is 20.8 Å². The van der Waals surface area contributed by atoms with Gasteiger partial charge in [-0.2, -0.15) is 18.3 Å². The molecular weight excluding hydrogens is 387 g/mol. The first-order chi connectivity index (χ1) is 13.7. The number of carbonyl (C=O) groups is 1. The van der Waals surface area contributed by atoms with E-state index in [1.165, 1.54) is 4.68 Å². The highest BCUT2D eigenvalue weighted by atomic mass is 19.4. The fraction of sp³-hybridized carbons (Fsp3) is 0.500. The summed E-state index contributed by atoms with van der Waals surface area (Å²) in [5.41, 5.74) is 0.387. The number of nitrogens with zero attached hydrogens (tertiary/aromatic N) is 3. The van der Waals surface area contributed by atoms with Gasteiger partial charge in [0, 0.05) is 25.2 Å². The van der Waals surface area contributed by atoms with Gasteiger partial charge in [-0.25, -0.2) is 0 Å². The molecule has 0 aliphatic carbocycles. The first kappa shape index (κ1) is 21.0. The van der Waals surface area contributed by atoms with Gasteiger partial charge >= 0.3 is 6.18 Å². The molecule has 1 atom stereocenters. The Kier molecular flexibility index (Phi) is 6.04. The second kappa shape index (κ2) is 8.34. The topological polar surface area (TPSA) is 56.6 Å². The molecule has 0 saturated carbocycles. The number of benzene rings is 1. The van der Waals surface area contributed by atoms with Gasteiger partial charge in [0.25, 0.3) is 0 Å². The fourth-order valence-corrected chi connectivity index (χ4v) is 3.69. The summed E-state index contributed by atoms with van der Waals surface area (Å²) < 4.78 is 50.3. The predicted molar refractivity (Wildman–Crippen MR) is 99.8 cm³/mol. The lowest BCUT2D eigenvalue weighted by Gasteiger charge is -2.26. The Balaban J connectivity index is 1.70. The Morgan fingerprint density at radius 2 is 1.93 bits per heavy atom. The number of aromatic nitrogens is 2. The highest BCUT2D eigenvalue weighted by Gasteiger charge is 2.35. The van der Waals surface area contributed by atoms with Crippen molar-refractivity contribution in [3.05, 3.63) is 41.2 Å². The summed E-state index contributed by atoms with van der Waals surface area (Å²) in [6.07, 6.45) is -2.72. The summed E-state index contributed by atoms with van der Waals surface area (Å²) in [5, 5.41) is 3.59. The molecule has 1 aliphatic heterocycles. The molecule has 29 heavy (non-hydrogen) atoms. The molecule has 3 rings (SSSR count). The number of carbonyl (C=O) groups excluding carboxylic acids is 1. The number of hydrogen-bond acceptors (Lipinski definition) is 4. The Morgan fingerprint density at radius 1 is 1.21 bits per heavy atom. The first-order valence-corrected chi connectivity index (χ1v) is 9.37. The van der Waals surface area contributed by atoms with Crippen LogP contribution in [-0.4, -0.2) is 41.4 Å². The Hall–Kier alpha value is -2.71. The van der Waals surface area contributed by atoms with Crippen molar-refractivity contribution >= 4 is 5.91 Å². The SMILES string of the molecule is COc1ccc([C@H]2CCCN2C(=O)CCn2nc(C(F)(F)F)cc2C)cc1OC. The second-order valence-corrected chi connectivity index (χ2v) is 7.00. The van der Waals surface area contributed by atoms with Gasteiger partial charge in [0.05, 0.1) is 20.3 Å². The van der Waals surface area contributed by atoms with E-state index in [9.17, 15) is 18.0 Å². The van der Waals surface area contributed by atoms with Gasteiger partial charge in [0.1, 0.15) is 0 Å². The summed E-state index contributed by atoms with van der Waals surface area (Å²) in [6.45, 7) is 2.27. The number of hydrogen-bond donors (Lipinski definition) is 0. The second-order valence-electron chi connectivity index (χ2n) is 7.00. The minimum absolute atomic E-state index is 0.0869. The third-order valence-corrected chi connectivity index (χ3v) is 5.17. The molecule has 1 aromatic carbocycles. The first-order valence-electron chi connectivity index (χ1n) is 9.37. The van der Waals surface area contributed by atoms with Crippen LogP contribution in [0, 0.1) is 6.92 Å². The number of rotatable bonds is 6. The Bertz CT molecular complexity index is 880. The molecule has 9 heteroatoms. The minimum atomic E-state index is -4.49. The number of alkyl halides is 3. The number of halogens is 3. The van der Waals surface area contributed by atoms with Crippen LogP contribution in [-0.2, 0) is 17.5 Å². The molecule has 0 N–H and O–H groups in total. The number of methoxy groups -OCH3 is 2. The van der Waals surface area contributed by atoms with Crippen LogP contribution in [0.3, 0.4) is 0 Å². The maximum absolute atomic E-state index is 12.8. The zero-order chi connectivity index (χ0) is 21.2. The average Bonchev–Trinajstić information content (AvgIpc) is 3.32. The van der Waals surface area contributed by atoms with E-state index >= 15 is 0 Å². The predicted octanol–water partition coefficient (Wildman–Crippen LogP) is 3.98. The molecule has 0 spiro atoms. The lowest BCUT2D eigenvalue weighted by Crippen LogP contribution is -2.31. The van der Waals surface area contributed by atoms with E-state index in [0.717, 1.165) is 24.5 Å². The van der Waals surface area contributed by atoms with Crippen LogP contribution in [0.4, 0.5) is 13.2 Å². The van der Waals surface area contributed by atoms with Crippen molar-refractivity contribution in [1.29, 1.82) is 0 Å². The Morgan fingerprint density at radius 3 is 2.55 bits per heavy atom. The summed E-state index contributed by atoms with van der Waals surface area (Å²) >= 11 is 0. The van der Waals surface area contributed by atoms with Gasteiger partial charge in [-0.1, -0.05) is 6.07 Å². The molecule has 0 unspecified atom stereocenters. The van der Waals surface area contributed by atoms with Gasteiger partial charge in [-0.15, -0.1) is 0 Å². The highest BCUT2D eigenvalue weighted by molar-refractivity contribution is 5.77. The molecule has 1 fully saturated rings. The van der Waals surface area contributed by atoms with Crippen LogP contribution < -0.4 is 9.47 Å². The van der Waals surface area contributed by atoms with E-state index in [1.807, 2.05) is 12.1 Å². The maximum Gasteiger partial charge on any atom is 0.435 e. The monoisotopic (exact) mass is 411 g/mol. The molecule has 1 aliphatic rings. The van der Waals surface area contributed by atoms with E-state index in [1.54, 1.807) is 32.1 Å². The standard InChI is InChI=1S/C20H24F3N3O3/c1-13-11-18(20(21,22)23)24-26(13)10-8-19(27)25-9-4-5-15(25)14-6-7-16(28-2)17(12-14)29-3/h6-7,11-12,15H,4-5,8-10H2,1-3H3/t15-/m1/s1. The van der Waals surface area contributed by atoms with Gasteiger partial charge in [0.15, 0.2) is 17.2 Å². The summed E-state index contributed by atoms with van der Waals surface area (Å²) in [4.78, 5) is 14.6. The van der Waals surface area contributed by atoms with Gasteiger partial charge in [0.2, 0.25) is 5.91 Å². The smallest absolute Gasteiger partial charge is 0.435 e. The van der Waals surface area contributed by atoms with Gasteiger partial charge in [-0.05, 0) is 43.5 Å². The minimum Gasteiger partial charge on any atom is -0.493 e. The largest absolute Gasteiger partial charge is 0.493 e. The molecule has 2 aromatic rings. The number of likely N-dealkylation sites (tertiary alicyclic amines) is 1. The molecule has 1 aromatic heterocycles. The molecule has 1 amide bonds. The van der Waals surface area contributed by atoms with Crippen LogP contribution in [0.5, 0.6) is 11.5 Å². The molecular formula is C20H24F3N3O3. The third-order valence-electron chi connectivity index (χ3n) is 5.17. The fourth-order valence-electron chi connectivity index (χ4n) is 3.69. The molecule has 0 bridgehead atoms. The summed E-state index contributed by atoms with van der Waals surface area (Å²) in [7, 11) is 3.12. The van der Waals surface area contributed by atoms with Crippen LogP contribution >= 0.6 is 0 Å². The van der Waals surface area contributed by atoms with Crippen LogP contribution in [0.2, 0.25) is 0 Å². The van der Waals surface area contributed by atoms with Crippen molar-refractivity contribution < 1.29 is 27.4 Å². The molecule has 0 radical (unpaired) electrons. The Labute approximate surface area is 167 Å². The van der Waals surface area contributed by atoms with E-state index in [-0.39, 0.29) is 24.9 Å². The van der Waals surface area contributed by atoms with Crippen LogP contribution in [0.25, 0.3) is 0 Å². The van der Waals surface area contributed by atoms with E-state index < -0.39 is 11.9 Å². The van der Waals surface area contributed by atoms with Gasteiger partial charge < -0.3 is 14.4 Å². The third kappa shape index (κ3) is 4.49. The zero-order valence-corrected chi connectivity index (χ0v) is 16.6. The maximum atomic E-state index is 12.8.